The molecule has 0 saturated carbocycles. The summed E-state index contributed by atoms with van der Waals surface area (Å²) in [4.78, 5) is 19.2. The molecule has 0 radical (unpaired) electrons. The fraction of sp³-hybridized carbons (Fsp3) is 0.389. The van der Waals surface area contributed by atoms with Crippen molar-refractivity contribution in [3.05, 3.63) is 36.2 Å². The van der Waals surface area contributed by atoms with E-state index in [0.29, 0.717) is 41.7 Å². The van der Waals surface area contributed by atoms with Crippen LogP contribution in [0.5, 0.6) is 0 Å². The number of pyridine rings is 1. The number of hydrogen-bond donors (Lipinski definition) is 1. The molecular weight excluding hydrogens is 334 g/mol. The van der Waals surface area contributed by atoms with Crippen molar-refractivity contribution in [2.24, 2.45) is 0 Å². The number of likely N-dealkylation sites (tertiary alicyclic amines) is 1. The van der Waals surface area contributed by atoms with E-state index >= 15 is 0 Å². The van der Waals surface area contributed by atoms with E-state index in [1.165, 1.54) is 4.52 Å². The standard InChI is InChI=1S/C18H21N5O3/c1-2-25-11-13-5-3-7-22(13)18(24)12-9-14(19)17-20-16(21-23(17)10-12)15-6-4-8-26-15/h4,6,8-10,13H,2-3,5,7,11,19H2,1H3/t13-/m0/s1. The second kappa shape index (κ2) is 6.80. The smallest absolute Gasteiger partial charge is 0.255 e. The number of rotatable bonds is 5. The number of aromatic nitrogens is 3. The summed E-state index contributed by atoms with van der Waals surface area (Å²) in [7, 11) is 0. The lowest BCUT2D eigenvalue weighted by Gasteiger charge is -2.24. The molecule has 2 N–H and O–H groups in total. The van der Waals surface area contributed by atoms with Gasteiger partial charge in [-0.1, -0.05) is 0 Å². The Balaban J connectivity index is 1.65. The predicted molar refractivity (Wildman–Crippen MR) is 95.7 cm³/mol. The third-order valence-corrected chi connectivity index (χ3v) is 4.60. The first kappa shape index (κ1) is 16.6. The van der Waals surface area contributed by atoms with Crippen molar-refractivity contribution in [3.63, 3.8) is 0 Å². The van der Waals surface area contributed by atoms with Gasteiger partial charge in [-0.15, -0.1) is 5.10 Å². The molecule has 8 nitrogen and oxygen atoms in total. The van der Waals surface area contributed by atoms with Crippen molar-refractivity contribution in [1.29, 1.82) is 0 Å². The number of carbonyl (C=O) groups excluding carboxylic acids is 1. The van der Waals surface area contributed by atoms with Crippen molar-refractivity contribution < 1.29 is 13.9 Å². The first-order valence-electron chi connectivity index (χ1n) is 8.76. The number of nitrogens with zero attached hydrogens (tertiary/aromatic N) is 4. The molecule has 1 saturated heterocycles. The van der Waals surface area contributed by atoms with Crippen LogP contribution in [0.2, 0.25) is 0 Å². The molecule has 1 aliphatic rings. The van der Waals surface area contributed by atoms with Crippen LogP contribution in [0.15, 0.2) is 35.1 Å². The molecule has 0 aliphatic carbocycles. The van der Waals surface area contributed by atoms with E-state index < -0.39 is 0 Å². The summed E-state index contributed by atoms with van der Waals surface area (Å²) in [5.41, 5.74) is 7.53. The lowest BCUT2D eigenvalue weighted by Crippen LogP contribution is -2.38. The minimum Gasteiger partial charge on any atom is -0.461 e. The second-order valence-electron chi connectivity index (χ2n) is 6.32. The summed E-state index contributed by atoms with van der Waals surface area (Å²) < 4.78 is 12.4. The number of furan rings is 1. The average molecular weight is 355 g/mol. The van der Waals surface area contributed by atoms with Crippen LogP contribution in [0.1, 0.15) is 30.1 Å². The van der Waals surface area contributed by atoms with E-state index in [1.54, 1.807) is 30.7 Å². The number of ether oxygens (including phenoxy) is 1. The lowest BCUT2D eigenvalue weighted by molar-refractivity contribution is 0.0564. The molecule has 1 amide bonds. The Labute approximate surface area is 150 Å². The van der Waals surface area contributed by atoms with Crippen LogP contribution in [0, 0.1) is 0 Å². The highest BCUT2D eigenvalue weighted by Crippen LogP contribution is 2.24. The van der Waals surface area contributed by atoms with Gasteiger partial charge in [0, 0.05) is 19.3 Å². The molecule has 0 spiro atoms. The highest BCUT2D eigenvalue weighted by atomic mass is 16.5. The summed E-state index contributed by atoms with van der Waals surface area (Å²) in [6.07, 6.45) is 5.16. The highest BCUT2D eigenvalue weighted by Gasteiger charge is 2.30. The van der Waals surface area contributed by atoms with Gasteiger partial charge in [0.05, 0.1) is 30.2 Å². The lowest BCUT2D eigenvalue weighted by atomic mass is 10.2. The summed E-state index contributed by atoms with van der Waals surface area (Å²) >= 11 is 0. The van der Waals surface area contributed by atoms with Gasteiger partial charge in [-0.2, -0.15) is 0 Å². The maximum atomic E-state index is 13.0. The highest BCUT2D eigenvalue weighted by molar-refractivity contribution is 5.96. The van der Waals surface area contributed by atoms with Gasteiger partial charge in [-0.3, -0.25) is 4.79 Å². The quantitative estimate of drug-likeness (QED) is 0.753. The summed E-state index contributed by atoms with van der Waals surface area (Å²) in [6, 6.07) is 5.31. The number of fused-ring (bicyclic) bond motifs is 1. The van der Waals surface area contributed by atoms with Crippen LogP contribution in [-0.2, 0) is 4.74 Å². The van der Waals surface area contributed by atoms with Crippen molar-refractivity contribution in [2.45, 2.75) is 25.8 Å². The number of anilines is 1. The summed E-state index contributed by atoms with van der Waals surface area (Å²) in [5, 5.41) is 4.39. The zero-order valence-corrected chi connectivity index (χ0v) is 14.6. The van der Waals surface area contributed by atoms with E-state index in [0.717, 1.165) is 19.4 Å². The minimum atomic E-state index is -0.0594. The Morgan fingerprint density at radius 1 is 1.50 bits per heavy atom. The molecule has 4 rings (SSSR count). The van der Waals surface area contributed by atoms with Gasteiger partial charge in [0.2, 0.25) is 5.82 Å². The molecule has 8 heteroatoms. The van der Waals surface area contributed by atoms with E-state index in [-0.39, 0.29) is 11.9 Å². The first-order chi connectivity index (χ1) is 12.7. The molecule has 0 aromatic carbocycles. The van der Waals surface area contributed by atoms with Gasteiger partial charge in [0.15, 0.2) is 11.4 Å². The molecule has 136 valence electrons. The molecule has 0 bridgehead atoms. The van der Waals surface area contributed by atoms with Crippen molar-refractivity contribution in [1.82, 2.24) is 19.5 Å². The largest absolute Gasteiger partial charge is 0.461 e. The maximum absolute atomic E-state index is 13.0. The number of hydrogen-bond acceptors (Lipinski definition) is 6. The van der Waals surface area contributed by atoms with Crippen LogP contribution >= 0.6 is 0 Å². The molecule has 1 atom stereocenters. The van der Waals surface area contributed by atoms with Crippen molar-refractivity contribution in [3.8, 4) is 11.6 Å². The van der Waals surface area contributed by atoms with Crippen LogP contribution < -0.4 is 5.73 Å². The normalized spacial score (nSPS) is 17.3. The number of nitrogens with two attached hydrogens (primary N) is 1. The van der Waals surface area contributed by atoms with Gasteiger partial charge in [-0.05, 0) is 38.0 Å². The molecule has 0 unspecified atom stereocenters. The molecule has 4 heterocycles. The van der Waals surface area contributed by atoms with Crippen LogP contribution in [-0.4, -0.2) is 51.2 Å². The monoisotopic (exact) mass is 355 g/mol. The van der Waals surface area contributed by atoms with E-state index in [4.69, 9.17) is 14.9 Å². The van der Waals surface area contributed by atoms with Crippen LogP contribution in [0.3, 0.4) is 0 Å². The van der Waals surface area contributed by atoms with Crippen LogP contribution in [0.4, 0.5) is 5.69 Å². The Kier molecular flexibility index (Phi) is 4.34. The minimum absolute atomic E-state index is 0.0594. The predicted octanol–water partition coefficient (Wildman–Crippen LogP) is 2.21. The second-order valence-corrected chi connectivity index (χ2v) is 6.32. The zero-order valence-electron chi connectivity index (χ0n) is 14.6. The van der Waals surface area contributed by atoms with E-state index in [9.17, 15) is 4.79 Å². The van der Waals surface area contributed by atoms with Crippen molar-refractivity contribution in [2.75, 3.05) is 25.5 Å². The Hall–Kier alpha value is -2.87. The van der Waals surface area contributed by atoms with E-state index in [1.807, 2.05) is 11.8 Å². The zero-order chi connectivity index (χ0) is 18.1. The summed E-state index contributed by atoms with van der Waals surface area (Å²) in [6.45, 7) is 3.89. The third-order valence-electron chi connectivity index (χ3n) is 4.60. The topological polar surface area (TPSA) is 98.9 Å². The number of amides is 1. The fourth-order valence-electron chi connectivity index (χ4n) is 3.33. The van der Waals surface area contributed by atoms with Gasteiger partial charge >= 0.3 is 0 Å². The van der Waals surface area contributed by atoms with Crippen LogP contribution in [0.25, 0.3) is 17.2 Å². The molecule has 26 heavy (non-hydrogen) atoms. The van der Waals surface area contributed by atoms with E-state index in [2.05, 4.69) is 10.1 Å². The Morgan fingerprint density at radius 3 is 3.15 bits per heavy atom. The number of nitrogen functional groups attached to an aromatic ring is 1. The number of carbonyl (C=O) groups is 1. The molecule has 1 fully saturated rings. The van der Waals surface area contributed by atoms with Gasteiger partial charge in [-0.25, -0.2) is 9.50 Å². The Bertz CT molecular complexity index is 918. The molecule has 3 aromatic heterocycles. The van der Waals surface area contributed by atoms with Gasteiger partial charge < -0.3 is 19.8 Å². The molecular formula is C18H21N5O3. The fourth-order valence-corrected chi connectivity index (χ4v) is 3.33. The van der Waals surface area contributed by atoms with Gasteiger partial charge in [0.25, 0.3) is 5.91 Å². The third kappa shape index (κ3) is 2.92. The first-order valence-corrected chi connectivity index (χ1v) is 8.76. The average Bonchev–Trinajstić information content (AvgIpc) is 3.38. The molecule has 3 aromatic rings. The SMILES string of the molecule is CCOC[C@@H]1CCCN1C(=O)c1cc(N)c2nc(-c3ccco3)nn2c1. The maximum Gasteiger partial charge on any atom is 0.255 e. The van der Waals surface area contributed by atoms with Gasteiger partial charge in [0.1, 0.15) is 0 Å². The Morgan fingerprint density at radius 2 is 2.38 bits per heavy atom. The summed E-state index contributed by atoms with van der Waals surface area (Å²) in [5.74, 6) is 0.926. The van der Waals surface area contributed by atoms with Crippen molar-refractivity contribution >= 4 is 17.2 Å². The molecule has 1 aliphatic heterocycles.